The molecule has 0 spiro atoms. The van der Waals surface area contributed by atoms with E-state index in [1.165, 1.54) is 29.7 Å². The third-order valence-electron chi connectivity index (χ3n) is 4.74. The number of aliphatic imine (C=N–C) groups is 1. The number of guanidine groups is 1. The molecule has 0 saturated carbocycles. The van der Waals surface area contributed by atoms with Crippen LogP contribution in [0.3, 0.4) is 0 Å². The van der Waals surface area contributed by atoms with Crippen LogP contribution in [-0.4, -0.2) is 47.9 Å². The Balaban J connectivity index is 1.48. The summed E-state index contributed by atoms with van der Waals surface area (Å²) in [5, 5.41) is 7.52. The van der Waals surface area contributed by atoms with Crippen molar-refractivity contribution in [1.29, 1.82) is 0 Å². The molecule has 5 nitrogen and oxygen atoms in total. The molecule has 1 aromatic carbocycles. The van der Waals surface area contributed by atoms with E-state index in [-0.39, 0.29) is 5.91 Å². The third-order valence-corrected chi connectivity index (χ3v) is 6.14. The number of carbonyl (C=O) groups is 1. The Hall–Kier alpha value is -1.69. The largest absolute Gasteiger partial charge is 0.355 e. The number of amides is 1. The molecule has 2 fully saturated rings. The Morgan fingerprint density at radius 3 is 2.92 bits per heavy atom. The van der Waals surface area contributed by atoms with E-state index < -0.39 is 0 Å². The molecule has 136 valence electrons. The molecule has 1 atom stereocenters. The highest BCUT2D eigenvalue weighted by Gasteiger charge is 2.20. The number of hydrogen-bond acceptors (Lipinski definition) is 3. The van der Waals surface area contributed by atoms with Gasteiger partial charge in [0, 0.05) is 44.9 Å². The number of nitrogens with zero attached hydrogens (tertiary/aromatic N) is 2. The first kappa shape index (κ1) is 18.1. The molecule has 2 aliphatic heterocycles. The minimum absolute atomic E-state index is 0.276. The van der Waals surface area contributed by atoms with Crippen LogP contribution in [0.15, 0.2) is 29.3 Å². The second-order valence-electron chi connectivity index (χ2n) is 6.68. The zero-order chi connectivity index (χ0) is 17.5. The van der Waals surface area contributed by atoms with Crippen LogP contribution >= 0.6 is 11.8 Å². The lowest BCUT2D eigenvalue weighted by Crippen LogP contribution is -2.39. The lowest BCUT2D eigenvalue weighted by molar-refractivity contribution is -0.128. The molecule has 2 N–H and O–H groups in total. The Kier molecular flexibility index (Phi) is 6.62. The molecule has 1 amide bonds. The van der Waals surface area contributed by atoms with Crippen LogP contribution in [0.2, 0.25) is 0 Å². The van der Waals surface area contributed by atoms with Crippen molar-refractivity contribution in [2.24, 2.45) is 4.99 Å². The van der Waals surface area contributed by atoms with Crippen molar-refractivity contribution >= 4 is 23.6 Å². The van der Waals surface area contributed by atoms with E-state index in [0.717, 1.165) is 38.6 Å². The van der Waals surface area contributed by atoms with Gasteiger partial charge >= 0.3 is 0 Å². The minimum atomic E-state index is 0.276. The van der Waals surface area contributed by atoms with Gasteiger partial charge in [0.05, 0.1) is 0 Å². The molecule has 3 rings (SSSR count). The van der Waals surface area contributed by atoms with Crippen LogP contribution in [0, 0.1) is 0 Å². The van der Waals surface area contributed by atoms with Gasteiger partial charge in [0.15, 0.2) is 5.96 Å². The van der Waals surface area contributed by atoms with E-state index in [4.69, 9.17) is 0 Å². The molecule has 0 aromatic heterocycles. The zero-order valence-electron chi connectivity index (χ0n) is 15.0. The van der Waals surface area contributed by atoms with E-state index >= 15 is 0 Å². The molecular weight excluding hydrogens is 332 g/mol. The molecule has 0 radical (unpaired) electrons. The molecule has 2 aliphatic rings. The monoisotopic (exact) mass is 360 g/mol. The number of carbonyl (C=O) groups excluding carboxylic acids is 1. The number of thioether (sulfide) groups is 1. The van der Waals surface area contributed by atoms with Crippen LogP contribution in [0.25, 0.3) is 0 Å². The highest BCUT2D eigenvalue weighted by atomic mass is 32.2. The topological polar surface area (TPSA) is 56.7 Å². The van der Waals surface area contributed by atoms with Gasteiger partial charge in [-0.1, -0.05) is 24.3 Å². The van der Waals surface area contributed by atoms with Gasteiger partial charge in [-0.3, -0.25) is 9.79 Å². The quantitative estimate of drug-likeness (QED) is 0.604. The van der Waals surface area contributed by atoms with Gasteiger partial charge in [-0.05, 0) is 36.1 Å². The highest BCUT2D eigenvalue weighted by molar-refractivity contribution is 8.00. The fraction of sp³-hybridized carbons (Fsp3) is 0.579. The molecular formula is C19H28N4OS. The van der Waals surface area contributed by atoms with E-state index in [9.17, 15) is 4.79 Å². The second-order valence-corrected chi connectivity index (χ2v) is 8.09. The van der Waals surface area contributed by atoms with Gasteiger partial charge in [0.2, 0.25) is 5.91 Å². The standard InChI is InChI=1S/C19H28N4OS/c1-20-19(22-13-17-7-4-10-25-17)21-12-15-5-2-6-16(11-15)14-23-9-3-8-18(23)24/h2,5-6,11,17H,3-4,7-10,12-14H2,1H3,(H2,20,21,22). The summed E-state index contributed by atoms with van der Waals surface area (Å²) in [4.78, 5) is 18.0. The fourth-order valence-electron chi connectivity index (χ4n) is 3.35. The smallest absolute Gasteiger partial charge is 0.222 e. The predicted octanol–water partition coefficient (Wildman–Crippen LogP) is 2.37. The average Bonchev–Trinajstić information content (AvgIpc) is 3.28. The minimum Gasteiger partial charge on any atom is -0.355 e. The molecule has 0 aliphatic carbocycles. The Labute approximate surface area is 154 Å². The summed E-state index contributed by atoms with van der Waals surface area (Å²) in [6.07, 6.45) is 4.31. The average molecular weight is 361 g/mol. The lowest BCUT2D eigenvalue weighted by Gasteiger charge is -2.17. The van der Waals surface area contributed by atoms with Crippen LogP contribution in [-0.2, 0) is 17.9 Å². The van der Waals surface area contributed by atoms with E-state index in [1.54, 1.807) is 0 Å². The Morgan fingerprint density at radius 1 is 1.32 bits per heavy atom. The number of rotatable bonds is 6. The second kappa shape index (κ2) is 9.13. The van der Waals surface area contributed by atoms with Gasteiger partial charge in [0.1, 0.15) is 0 Å². The number of nitrogens with one attached hydrogen (secondary N) is 2. The van der Waals surface area contributed by atoms with Crippen molar-refractivity contribution in [3.8, 4) is 0 Å². The normalized spacial score (nSPS) is 21.0. The van der Waals surface area contributed by atoms with Crippen LogP contribution in [0.5, 0.6) is 0 Å². The van der Waals surface area contributed by atoms with Gasteiger partial charge < -0.3 is 15.5 Å². The number of hydrogen-bond donors (Lipinski definition) is 2. The van der Waals surface area contributed by atoms with Gasteiger partial charge in [-0.15, -0.1) is 0 Å². The first-order valence-corrected chi connectivity index (χ1v) is 10.2. The molecule has 2 saturated heterocycles. The van der Waals surface area contributed by atoms with E-state index in [1.807, 2.05) is 23.7 Å². The van der Waals surface area contributed by atoms with Crippen molar-refractivity contribution in [3.05, 3.63) is 35.4 Å². The summed E-state index contributed by atoms with van der Waals surface area (Å²) in [5.41, 5.74) is 2.40. The maximum atomic E-state index is 11.8. The predicted molar refractivity (Wildman–Crippen MR) is 105 cm³/mol. The molecule has 6 heteroatoms. The summed E-state index contributed by atoms with van der Waals surface area (Å²) in [6, 6.07) is 8.46. The zero-order valence-corrected chi connectivity index (χ0v) is 15.8. The van der Waals surface area contributed by atoms with Crippen molar-refractivity contribution in [2.75, 3.05) is 25.9 Å². The van der Waals surface area contributed by atoms with Gasteiger partial charge in [-0.25, -0.2) is 0 Å². The maximum Gasteiger partial charge on any atom is 0.222 e. The molecule has 1 unspecified atom stereocenters. The highest BCUT2D eigenvalue weighted by Crippen LogP contribution is 2.25. The lowest BCUT2D eigenvalue weighted by atomic mass is 10.1. The summed E-state index contributed by atoms with van der Waals surface area (Å²) < 4.78 is 0. The Morgan fingerprint density at radius 2 is 2.20 bits per heavy atom. The summed E-state index contributed by atoms with van der Waals surface area (Å²) >= 11 is 2.05. The van der Waals surface area contributed by atoms with Crippen molar-refractivity contribution in [2.45, 2.75) is 44.0 Å². The van der Waals surface area contributed by atoms with E-state index in [2.05, 4.69) is 39.9 Å². The fourth-order valence-corrected chi connectivity index (χ4v) is 4.55. The molecule has 25 heavy (non-hydrogen) atoms. The first-order valence-electron chi connectivity index (χ1n) is 9.16. The van der Waals surface area contributed by atoms with E-state index in [0.29, 0.717) is 11.7 Å². The van der Waals surface area contributed by atoms with Crippen molar-refractivity contribution in [3.63, 3.8) is 0 Å². The van der Waals surface area contributed by atoms with Crippen molar-refractivity contribution in [1.82, 2.24) is 15.5 Å². The van der Waals surface area contributed by atoms with Gasteiger partial charge in [-0.2, -0.15) is 11.8 Å². The summed E-state index contributed by atoms with van der Waals surface area (Å²) in [6.45, 7) is 3.32. The Bertz CT molecular complexity index is 613. The SMILES string of the molecule is CN=C(NCc1cccc(CN2CCCC2=O)c1)NCC1CCCS1. The maximum absolute atomic E-state index is 11.8. The molecule has 1 aromatic rings. The molecule has 2 heterocycles. The molecule has 0 bridgehead atoms. The third kappa shape index (κ3) is 5.39. The van der Waals surface area contributed by atoms with Gasteiger partial charge in [0.25, 0.3) is 0 Å². The number of benzene rings is 1. The number of likely N-dealkylation sites (tertiary alicyclic amines) is 1. The van der Waals surface area contributed by atoms with Crippen LogP contribution < -0.4 is 10.6 Å². The first-order chi connectivity index (χ1) is 12.2. The van der Waals surface area contributed by atoms with Crippen LogP contribution in [0.1, 0.15) is 36.8 Å². The van der Waals surface area contributed by atoms with Crippen molar-refractivity contribution < 1.29 is 4.79 Å². The summed E-state index contributed by atoms with van der Waals surface area (Å²) in [5.74, 6) is 2.41. The van der Waals surface area contributed by atoms with Crippen LogP contribution in [0.4, 0.5) is 0 Å². The summed E-state index contributed by atoms with van der Waals surface area (Å²) in [7, 11) is 1.81.